The number of aromatic nitrogens is 1. The molecule has 15 heavy (non-hydrogen) atoms. The third kappa shape index (κ3) is 2.16. The average molecular weight is 290 g/mol. The molecule has 1 atom stereocenters. The fourth-order valence-corrected chi connectivity index (χ4v) is 2.11. The Morgan fingerprint density at radius 3 is 2.87 bits per heavy atom. The molecule has 1 aromatic rings. The van der Waals surface area contributed by atoms with E-state index in [0.717, 1.165) is 10.2 Å². The second-order valence-corrected chi connectivity index (χ2v) is 4.95. The number of amides is 1. The Bertz CT molecular complexity index is 410. The van der Waals surface area contributed by atoms with E-state index in [-0.39, 0.29) is 11.3 Å². The van der Waals surface area contributed by atoms with Crippen molar-refractivity contribution in [3.63, 3.8) is 0 Å². The van der Waals surface area contributed by atoms with Gasteiger partial charge in [0.05, 0.1) is 5.38 Å². The molecule has 0 saturated carbocycles. The average Bonchev–Trinajstić information content (AvgIpc) is 2.50. The van der Waals surface area contributed by atoms with Crippen molar-refractivity contribution in [2.45, 2.75) is 18.7 Å². The highest BCUT2D eigenvalue weighted by Crippen LogP contribution is 2.25. The van der Waals surface area contributed by atoms with Crippen molar-refractivity contribution in [3.8, 4) is 0 Å². The number of aryl methyl sites for hydroxylation is 1. The zero-order chi connectivity index (χ0) is 11.0. The van der Waals surface area contributed by atoms with Crippen LogP contribution in [0.1, 0.15) is 12.0 Å². The topological polar surface area (TPSA) is 33.2 Å². The minimum atomic E-state index is -0.0978. The van der Waals surface area contributed by atoms with Crippen LogP contribution in [0.15, 0.2) is 16.7 Å². The molecule has 1 aliphatic rings. The molecule has 1 aliphatic heterocycles. The van der Waals surface area contributed by atoms with Gasteiger partial charge in [-0.3, -0.25) is 9.69 Å². The summed E-state index contributed by atoms with van der Waals surface area (Å²) in [5.74, 6) is 0.707. The number of anilines is 1. The van der Waals surface area contributed by atoms with E-state index in [0.29, 0.717) is 18.8 Å². The van der Waals surface area contributed by atoms with Gasteiger partial charge in [-0.2, -0.15) is 0 Å². The van der Waals surface area contributed by atoms with Gasteiger partial charge in [0.25, 0.3) is 0 Å². The van der Waals surface area contributed by atoms with Crippen LogP contribution >= 0.6 is 27.5 Å². The first kappa shape index (κ1) is 10.9. The molecule has 2 rings (SSSR count). The van der Waals surface area contributed by atoms with Gasteiger partial charge < -0.3 is 0 Å². The van der Waals surface area contributed by atoms with Gasteiger partial charge in [-0.25, -0.2) is 4.98 Å². The van der Waals surface area contributed by atoms with Crippen LogP contribution in [0.3, 0.4) is 0 Å². The van der Waals surface area contributed by atoms with Gasteiger partial charge in [0.1, 0.15) is 10.4 Å². The molecule has 1 aromatic heterocycles. The smallest absolute Gasteiger partial charge is 0.229 e. The summed E-state index contributed by atoms with van der Waals surface area (Å²) in [7, 11) is 0. The summed E-state index contributed by atoms with van der Waals surface area (Å²) in [6.07, 6.45) is 0.398. The summed E-state index contributed by atoms with van der Waals surface area (Å²) < 4.78 is 0.769. The zero-order valence-corrected chi connectivity index (χ0v) is 10.5. The molecule has 0 radical (unpaired) electrons. The van der Waals surface area contributed by atoms with E-state index >= 15 is 0 Å². The molecule has 0 spiro atoms. The van der Waals surface area contributed by atoms with Crippen LogP contribution < -0.4 is 4.90 Å². The van der Waals surface area contributed by atoms with Gasteiger partial charge in [-0.1, -0.05) is 6.07 Å². The lowest BCUT2D eigenvalue weighted by molar-refractivity contribution is -0.117. The number of alkyl halides is 1. The maximum absolute atomic E-state index is 11.6. The summed E-state index contributed by atoms with van der Waals surface area (Å²) in [6, 6.07) is 3.77. The van der Waals surface area contributed by atoms with Crippen molar-refractivity contribution < 1.29 is 4.79 Å². The maximum Gasteiger partial charge on any atom is 0.229 e. The van der Waals surface area contributed by atoms with Crippen LogP contribution in [0.2, 0.25) is 0 Å². The Morgan fingerprint density at radius 1 is 1.60 bits per heavy atom. The lowest BCUT2D eigenvalue weighted by Crippen LogP contribution is -2.25. The highest BCUT2D eigenvalue weighted by Gasteiger charge is 2.29. The van der Waals surface area contributed by atoms with Crippen LogP contribution in [0.4, 0.5) is 5.82 Å². The lowest BCUT2D eigenvalue weighted by atomic mass is 10.3. The van der Waals surface area contributed by atoms with Crippen LogP contribution in [0.5, 0.6) is 0 Å². The van der Waals surface area contributed by atoms with E-state index in [1.165, 1.54) is 0 Å². The predicted molar refractivity (Wildman–Crippen MR) is 63.3 cm³/mol. The Kier molecular flexibility index (Phi) is 2.98. The van der Waals surface area contributed by atoms with E-state index in [9.17, 15) is 4.79 Å². The van der Waals surface area contributed by atoms with Gasteiger partial charge in [0.2, 0.25) is 5.91 Å². The van der Waals surface area contributed by atoms with Crippen LogP contribution in [0.25, 0.3) is 0 Å². The highest BCUT2D eigenvalue weighted by atomic mass is 79.9. The first-order valence-electron chi connectivity index (χ1n) is 4.65. The number of carbonyl (C=O) groups is 1. The molecule has 0 N–H and O–H groups in total. The van der Waals surface area contributed by atoms with Crippen molar-refractivity contribution >= 4 is 39.3 Å². The van der Waals surface area contributed by atoms with Gasteiger partial charge in [-0.15, -0.1) is 11.6 Å². The molecule has 0 bridgehead atoms. The number of nitrogens with zero attached hydrogens (tertiary/aromatic N) is 2. The Labute approximate surface area is 102 Å². The summed E-state index contributed by atoms with van der Waals surface area (Å²) in [5, 5.41) is -0.0978. The van der Waals surface area contributed by atoms with Gasteiger partial charge >= 0.3 is 0 Å². The van der Waals surface area contributed by atoms with Crippen LogP contribution in [-0.4, -0.2) is 22.8 Å². The van der Waals surface area contributed by atoms with E-state index in [1.807, 2.05) is 19.1 Å². The molecule has 80 valence electrons. The quantitative estimate of drug-likeness (QED) is 0.588. The fraction of sp³-hybridized carbons (Fsp3) is 0.400. The molecule has 3 nitrogen and oxygen atoms in total. The molecule has 1 amide bonds. The van der Waals surface area contributed by atoms with E-state index in [2.05, 4.69) is 20.9 Å². The fourth-order valence-electron chi connectivity index (χ4n) is 1.53. The third-order valence-corrected chi connectivity index (χ3v) is 3.47. The molecule has 2 heterocycles. The van der Waals surface area contributed by atoms with Crippen molar-refractivity contribution in [2.75, 3.05) is 11.4 Å². The first-order chi connectivity index (χ1) is 7.08. The molecule has 0 aromatic carbocycles. The Morgan fingerprint density at radius 2 is 2.33 bits per heavy atom. The molecular formula is C10H10BrClN2O. The summed E-state index contributed by atoms with van der Waals surface area (Å²) in [6.45, 7) is 2.50. The van der Waals surface area contributed by atoms with Crippen LogP contribution in [-0.2, 0) is 4.79 Å². The number of pyridine rings is 1. The monoisotopic (exact) mass is 288 g/mol. The van der Waals surface area contributed by atoms with Crippen LogP contribution in [0, 0.1) is 6.92 Å². The number of rotatable bonds is 1. The molecule has 5 heteroatoms. The van der Waals surface area contributed by atoms with E-state index < -0.39 is 0 Å². The SMILES string of the molecule is Cc1ccc(N2CC(Cl)CC2=O)nc1Br. The molecule has 1 fully saturated rings. The maximum atomic E-state index is 11.6. The van der Waals surface area contributed by atoms with E-state index in [4.69, 9.17) is 11.6 Å². The Balaban J connectivity index is 2.30. The molecule has 1 saturated heterocycles. The summed E-state index contributed by atoms with van der Waals surface area (Å²) in [4.78, 5) is 17.5. The second-order valence-electron chi connectivity index (χ2n) is 3.58. The second kappa shape index (κ2) is 4.10. The standard InChI is InChI=1S/C10H10BrClN2O/c1-6-2-3-8(13-10(6)11)14-5-7(12)4-9(14)15/h2-3,7H,4-5H2,1H3. The minimum absolute atomic E-state index is 0.0400. The summed E-state index contributed by atoms with van der Waals surface area (Å²) in [5.41, 5.74) is 1.05. The van der Waals surface area contributed by atoms with Crippen molar-refractivity contribution in [1.29, 1.82) is 0 Å². The predicted octanol–water partition coefficient (Wildman–Crippen LogP) is 2.50. The van der Waals surface area contributed by atoms with Crippen molar-refractivity contribution in [1.82, 2.24) is 4.98 Å². The molecular weight excluding hydrogens is 279 g/mol. The third-order valence-electron chi connectivity index (χ3n) is 2.37. The highest BCUT2D eigenvalue weighted by molar-refractivity contribution is 9.10. The van der Waals surface area contributed by atoms with E-state index in [1.54, 1.807) is 4.90 Å². The van der Waals surface area contributed by atoms with Gasteiger partial charge in [0, 0.05) is 13.0 Å². The normalized spacial score (nSPS) is 21.1. The number of carbonyl (C=O) groups excluding carboxylic acids is 1. The minimum Gasteiger partial charge on any atom is -0.295 e. The zero-order valence-electron chi connectivity index (χ0n) is 8.20. The van der Waals surface area contributed by atoms with Crippen molar-refractivity contribution in [3.05, 3.63) is 22.3 Å². The largest absolute Gasteiger partial charge is 0.295 e. The number of hydrogen-bond donors (Lipinski definition) is 0. The molecule has 0 aliphatic carbocycles. The summed E-state index contributed by atoms with van der Waals surface area (Å²) >= 11 is 9.27. The number of hydrogen-bond acceptors (Lipinski definition) is 2. The van der Waals surface area contributed by atoms with Gasteiger partial charge in [-0.05, 0) is 34.5 Å². The van der Waals surface area contributed by atoms with Gasteiger partial charge in [0.15, 0.2) is 0 Å². The lowest BCUT2D eigenvalue weighted by Gasteiger charge is -2.15. The first-order valence-corrected chi connectivity index (χ1v) is 5.88. The van der Waals surface area contributed by atoms with Crippen molar-refractivity contribution in [2.24, 2.45) is 0 Å². The Hall–Kier alpha value is -0.610. The molecule has 1 unspecified atom stereocenters. The number of halogens is 2.